The number of H-pyrrole nitrogens is 1. The van der Waals surface area contributed by atoms with Gasteiger partial charge in [-0.05, 0) is 29.3 Å². The highest BCUT2D eigenvalue weighted by atomic mass is 32.2. The molecule has 4 rings (SSSR count). The summed E-state index contributed by atoms with van der Waals surface area (Å²) in [5.74, 6) is -0.846. The number of nitrogens with one attached hydrogen (secondary N) is 1. The molecule has 0 amide bonds. The van der Waals surface area contributed by atoms with Crippen LogP contribution in [0.15, 0.2) is 53.9 Å². The molecule has 2 aromatic carbocycles. The summed E-state index contributed by atoms with van der Waals surface area (Å²) in [4.78, 5) is 33.0. The van der Waals surface area contributed by atoms with Crippen molar-refractivity contribution in [2.45, 2.75) is 5.16 Å². The number of carboxylic acid groups (broad SMARTS) is 1. The van der Waals surface area contributed by atoms with Crippen LogP contribution in [-0.2, 0) is 4.79 Å². The number of aromatic nitrogens is 5. The summed E-state index contributed by atoms with van der Waals surface area (Å²) in [7, 11) is 0. The number of rotatable bonds is 6. The first-order valence-electron chi connectivity index (χ1n) is 8.28. The predicted molar refractivity (Wildman–Crippen MR) is 105 cm³/mol. The molecule has 2 heterocycles. The SMILES string of the molecule is O=C(O)CSc1nnc(-c2cc(-c3ccc4nccnc4c3)cc([N+](=O)[O-])c2)[nH]1. The van der Waals surface area contributed by atoms with Crippen LogP contribution in [0.1, 0.15) is 0 Å². The van der Waals surface area contributed by atoms with Crippen molar-refractivity contribution < 1.29 is 14.8 Å². The number of aliphatic carboxylic acids is 1. The van der Waals surface area contributed by atoms with E-state index in [9.17, 15) is 14.9 Å². The number of fused-ring (bicyclic) bond motifs is 1. The summed E-state index contributed by atoms with van der Waals surface area (Å²) < 4.78 is 0. The van der Waals surface area contributed by atoms with Crippen LogP contribution in [0.5, 0.6) is 0 Å². The van der Waals surface area contributed by atoms with Crippen molar-refractivity contribution in [3.05, 3.63) is 58.9 Å². The summed E-state index contributed by atoms with van der Waals surface area (Å²) in [6.45, 7) is 0. The molecule has 10 nitrogen and oxygen atoms in total. The van der Waals surface area contributed by atoms with Gasteiger partial charge in [-0.15, -0.1) is 10.2 Å². The fraction of sp³-hybridized carbons (Fsp3) is 0.0556. The number of nitro benzene ring substituents is 1. The van der Waals surface area contributed by atoms with Crippen molar-refractivity contribution in [2.75, 3.05) is 5.75 Å². The number of aromatic amines is 1. The van der Waals surface area contributed by atoms with Gasteiger partial charge < -0.3 is 10.1 Å². The molecule has 144 valence electrons. The number of benzene rings is 2. The van der Waals surface area contributed by atoms with Crippen LogP contribution in [0.2, 0.25) is 0 Å². The fourth-order valence-electron chi connectivity index (χ4n) is 2.73. The van der Waals surface area contributed by atoms with Gasteiger partial charge in [-0.3, -0.25) is 24.9 Å². The van der Waals surface area contributed by atoms with Crippen LogP contribution < -0.4 is 0 Å². The topological polar surface area (TPSA) is 148 Å². The fourth-order valence-corrected chi connectivity index (χ4v) is 3.26. The highest BCUT2D eigenvalue weighted by Crippen LogP contribution is 2.31. The number of nitrogens with zero attached hydrogens (tertiary/aromatic N) is 5. The molecule has 0 saturated carbocycles. The van der Waals surface area contributed by atoms with Crippen molar-refractivity contribution in [3.63, 3.8) is 0 Å². The second-order valence-corrected chi connectivity index (χ2v) is 6.91. The molecule has 0 radical (unpaired) electrons. The predicted octanol–water partition coefficient (Wildman–Crippen LogP) is 3.17. The van der Waals surface area contributed by atoms with Gasteiger partial charge in [0.1, 0.15) is 0 Å². The average molecular weight is 408 g/mol. The van der Waals surface area contributed by atoms with E-state index in [0.717, 1.165) is 22.8 Å². The van der Waals surface area contributed by atoms with E-state index in [2.05, 4.69) is 25.1 Å². The van der Waals surface area contributed by atoms with Gasteiger partial charge in [0.15, 0.2) is 11.0 Å². The monoisotopic (exact) mass is 408 g/mol. The van der Waals surface area contributed by atoms with Gasteiger partial charge in [0.25, 0.3) is 5.69 Å². The molecule has 0 bridgehead atoms. The standard InChI is InChI=1S/C18H12N6O4S/c25-16(26)9-29-18-21-17(22-23-18)12-5-11(6-13(7-12)24(27)28)10-1-2-14-15(8-10)20-4-3-19-14/h1-8H,9H2,(H,25,26)(H,21,22,23). The third-order valence-corrected chi connectivity index (χ3v) is 4.85. The van der Waals surface area contributed by atoms with E-state index in [4.69, 9.17) is 5.11 Å². The second-order valence-electron chi connectivity index (χ2n) is 5.95. The van der Waals surface area contributed by atoms with E-state index in [1.54, 1.807) is 30.6 Å². The molecule has 0 spiro atoms. The lowest BCUT2D eigenvalue weighted by molar-refractivity contribution is -0.384. The van der Waals surface area contributed by atoms with Crippen LogP contribution in [0.3, 0.4) is 0 Å². The number of non-ortho nitro benzene ring substituents is 1. The smallest absolute Gasteiger partial charge is 0.313 e. The molecule has 0 aliphatic carbocycles. The van der Waals surface area contributed by atoms with E-state index in [1.165, 1.54) is 12.1 Å². The first-order valence-corrected chi connectivity index (χ1v) is 9.26. The molecular weight excluding hydrogens is 396 g/mol. The van der Waals surface area contributed by atoms with E-state index in [1.807, 2.05) is 6.07 Å². The molecule has 29 heavy (non-hydrogen) atoms. The lowest BCUT2D eigenvalue weighted by Gasteiger charge is -2.06. The van der Waals surface area contributed by atoms with Gasteiger partial charge >= 0.3 is 5.97 Å². The first-order chi connectivity index (χ1) is 14.0. The van der Waals surface area contributed by atoms with Crippen LogP contribution in [0.25, 0.3) is 33.5 Å². The van der Waals surface area contributed by atoms with E-state index < -0.39 is 10.9 Å². The van der Waals surface area contributed by atoms with Crippen molar-refractivity contribution in [1.29, 1.82) is 0 Å². The van der Waals surface area contributed by atoms with Crippen LogP contribution in [0.4, 0.5) is 5.69 Å². The van der Waals surface area contributed by atoms with E-state index in [0.29, 0.717) is 27.6 Å². The molecule has 0 saturated heterocycles. The number of hydrogen-bond acceptors (Lipinski definition) is 8. The van der Waals surface area contributed by atoms with Gasteiger partial charge in [0.2, 0.25) is 0 Å². The number of thioether (sulfide) groups is 1. The Balaban J connectivity index is 1.76. The first kappa shape index (κ1) is 18.5. The van der Waals surface area contributed by atoms with Gasteiger partial charge in [0, 0.05) is 30.1 Å². The van der Waals surface area contributed by atoms with Crippen molar-refractivity contribution >= 4 is 34.5 Å². The van der Waals surface area contributed by atoms with Gasteiger partial charge in [-0.2, -0.15) is 0 Å². The summed E-state index contributed by atoms with van der Waals surface area (Å²) >= 11 is 0.979. The number of carbonyl (C=O) groups is 1. The minimum atomic E-state index is -0.981. The van der Waals surface area contributed by atoms with Crippen molar-refractivity contribution in [3.8, 4) is 22.5 Å². The maximum atomic E-state index is 11.4. The van der Waals surface area contributed by atoms with Crippen molar-refractivity contribution in [1.82, 2.24) is 25.1 Å². The molecule has 0 aliphatic rings. The van der Waals surface area contributed by atoms with Crippen LogP contribution >= 0.6 is 11.8 Å². The minimum Gasteiger partial charge on any atom is -0.481 e. The molecule has 0 unspecified atom stereocenters. The van der Waals surface area contributed by atoms with Crippen LogP contribution in [-0.4, -0.2) is 46.9 Å². The minimum absolute atomic E-state index is 0.104. The maximum absolute atomic E-state index is 11.4. The van der Waals surface area contributed by atoms with Crippen molar-refractivity contribution in [2.24, 2.45) is 0 Å². The highest BCUT2D eigenvalue weighted by Gasteiger charge is 2.15. The lowest BCUT2D eigenvalue weighted by atomic mass is 10.0. The summed E-state index contributed by atoms with van der Waals surface area (Å²) in [6.07, 6.45) is 3.17. The molecular formula is C18H12N6O4S. The molecule has 0 atom stereocenters. The van der Waals surface area contributed by atoms with Gasteiger partial charge in [-0.25, -0.2) is 0 Å². The number of nitro groups is 1. The highest BCUT2D eigenvalue weighted by molar-refractivity contribution is 7.99. The van der Waals surface area contributed by atoms with E-state index in [-0.39, 0.29) is 11.4 Å². The molecule has 0 aliphatic heterocycles. The normalized spacial score (nSPS) is 10.9. The summed E-state index contributed by atoms with van der Waals surface area (Å²) in [6, 6.07) is 10.0. The summed E-state index contributed by atoms with van der Waals surface area (Å²) in [5.41, 5.74) is 3.10. The molecule has 0 fully saturated rings. The Morgan fingerprint density at radius 3 is 2.55 bits per heavy atom. The Kier molecular flexibility index (Phi) is 4.87. The van der Waals surface area contributed by atoms with Gasteiger partial charge in [0.05, 0.1) is 21.7 Å². The second kappa shape index (κ2) is 7.64. The largest absolute Gasteiger partial charge is 0.481 e. The maximum Gasteiger partial charge on any atom is 0.313 e. The van der Waals surface area contributed by atoms with E-state index >= 15 is 0 Å². The Labute approximate surface area is 167 Å². The summed E-state index contributed by atoms with van der Waals surface area (Å²) in [5, 5.41) is 28.4. The quantitative estimate of drug-likeness (QED) is 0.279. The van der Waals surface area contributed by atoms with Gasteiger partial charge in [-0.1, -0.05) is 17.8 Å². The van der Waals surface area contributed by atoms with Crippen LogP contribution in [0, 0.1) is 10.1 Å². The number of hydrogen-bond donors (Lipinski definition) is 2. The molecule has 2 N–H and O–H groups in total. The third-order valence-electron chi connectivity index (χ3n) is 4.00. The zero-order valence-electron chi connectivity index (χ0n) is 14.6. The Morgan fingerprint density at radius 2 is 1.79 bits per heavy atom. The average Bonchev–Trinajstić information content (AvgIpc) is 3.20. The zero-order valence-corrected chi connectivity index (χ0v) is 15.5. The number of carboxylic acids is 1. The molecule has 2 aromatic heterocycles. The Morgan fingerprint density at radius 1 is 1.03 bits per heavy atom. The lowest BCUT2D eigenvalue weighted by Crippen LogP contribution is -1.97. The zero-order chi connectivity index (χ0) is 20.4. The molecule has 11 heteroatoms. The molecule has 4 aromatic rings. The Hall–Kier alpha value is -3.86. The Bertz CT molecular complexity index is 1240. The third kappa shape index (κ3) is 4.04.